The van der Waals surface area contributed by atoms with Crippen molar-refractivity contribution in [1.82, 2.24) is 10.2 Å². The van der Waals surface area contributed by atoms with Crippen LogP contribution in [0.4, 0.5) is 20.6 Å². The van der Waals surface area contributed by atoms with Gasteiger partial charge in [0.1, 0.15) is 11.9 Å². The first-order valence-corrected chi connectivity index (χ1v) is 15.1. The number of piperazine rings is 1. The maximum Gasteiger partial charge on any atom is 0.414 e. The van der Waals surface area contributed by atoms with Crippen molar-refractivity contribution in [2.24, 2.45) is 0 Å². The lowest BCUT2D eigenvalue weighted by atomic mass is 10.2. The normalized spacial score (nSPS) is 19.2. The largest absolute Gasteiger partial charge is 0.442 e. The lowest BCUT2D eigenvalue weighted by Gasteiger charge is -2.39. The Morgan fingerprint density at radius 3 is 2.16 bits per heavy atom. The molecule has 1 unspecified atom stereocenters. The monoisotopic (exact) mass is 580 g/mol. The molecule has 0 bridgehead atoms. The van der Waals surface area contributed by atoms with E-state index in [9.17, 15) is 18.7 Å². The van der Waals surface area contributed by atoms with E-state index >= 15 is 4.39 Å². The summed E-state index contributed by atoms with van der Waals surface area (Å²) in [5, 5.41) is 1.43. The van der Waals surface area contributed by atoms with Gasteiger partial charge in [0.05, 0.1) is 24.5 Å². The SMILES string of the molecule is COP(=O)(OC)C(CN1CCN(c2ccc(N3CC(CNC(C)=O)OC3=O)cc2F)CC1)P(=O)(OC)OC. The predicted octanol–water partition coefficient (Wildman–Crippen LogP) is 2.71. The van der Waals surface area contributed by atoms with Crippen LogP contribution >= 0.6 is 15.2 Å². The van der Waals surface area contributed by atoms with Crippen LogP contribution in [0.15, 0.2) is 18.2 Å². The first-order valence-electron chi connectivity index (χ1n) is 11.9. The number of hydrogen-bond acceptors (Lipinski definition) is 11. The topological polar surface area (TPSA) is 136 Å². The van der Waals surface area contributed by atoms with Gasteiger partial charge in [-0.1, -0.05) is 0 Å². The van der Waals surface area contributed by atoms with E-state index < -0.39 is 38.6 Å². The number of benzene rings is 1. The Balaban J connectivity index is 1.65. The fourth-order valence-corrected chi connectivity index (χ4v) is 9.08. The molecule has 1 aromatic carbocycles. The van der Waals surface area contributed by atoms with Crippen molar-refractivity contribution in [3.8, 4) is 0 Å². The van der Waals surface area contributed by atoms with Crippen molar-refractivity contribution in [2.45, 2.75) is 18.4 Å². The number of nitrogens with one attached hydrogen (secondary N) is 1. The number of carbonyl (C=O) groups is 2. The number of anilines is 2. The van der Waals surface area contributed by atoms with E-state index in [4.69, 9.17) is 22.8 Å². The quantitative estimate of drug-likeness (QED) is 0.366. The minimum atomic E-state index is -3.82. The van der Waals surface area contributed by atoms with Crippen molar-refractivity contribution in [2.75, 3.05) is 84.1 Å². The van der Waals surface area contributed by atoms with E-state index in [1.165, 1.54) is 46.3 Å². The molecule has 2 amide bonds. The molecule has 2 aliphatic heterocycles. The summed E-state index contributed by atoms with van der Waals surface area (Å²) in [5.74, 6) is -0.734. The third kappa shape index (κ3) is 6.74. The van der Waals surface area contributed by atoms with Crippen molar-refractivity contribution >= 4 is 38.6 Å². The van der Waals surface area contributed by atoms with Crippen LogP contribution in [0, 0.1) is 5.82 Å². The van der Waals surface area contributed by atoms with Crippen LogP contribution in [0.3, 0.4) is 0 Å². The Morgan fingerprint density at radius 2 is 1.66 bits per heavy atom. The Hall–Kier alpha value is -2.05. The summed E-state index contributed by atoms with van der Waals surface area (Å²) in [4.78, 5) is 28.5. The molecule has 16 heteroatoms. The van der Waals surface area contributed by atoms with Gasteiger partial charge in [-0.25, -0.2) is 9.18 Å². The first-order chi connectivity index (χ1) is 18.0. The lowest BCUT2D eigenvalue weighted by Crippen LogP contribution is -2.49. The van der Waals surface area contributed by atoms with Gasteiger partial charge in [0.15, 0.2) is 5.40 Å². The molecule has 38 heavy (non-hydrogen) atoms. The van der Waals surface area contributed by atoms with Gasteiger partial charge in [-0.05, 0) is 18.2 Å². The van der Waals surface area contributed by atoms with Crippen LogP contribution in [0.1, 0.15) is 6.92 Å². The summed E-state index contributed by atoms with van der Waals surface area (Å²) < 4.78 is 67.1. The third-order valence-corrected chi connectivity index (χ3v) is 12.1. The van der Waals surface area contributed by atoms with Gasteiger partial charge in [0.25, 0.3) is 0 Å². The Labute approximate surface area is 221 Å². The second-order valence-electron chi connectivity index (χ2n) is 8.77. The summed E-state index contributed by atoms with van der Waals surface area (Å²) in [6, 6.07) is 4.52. The summed E-state index contributed by atoms with van der Waals surface area (Å²) in [5.41, 5.74) is 0.721. The average Bonchev–Trinajstić information content (AvgIpc) is 3.30. The molecule has 0 aliphatic carbocycles. The van der Waals surface area contributed by atoms with Crippen molar-refractivity contribution in [3.63, 3.8) is 0 Å². The van der Waals surface area contributed by atoms with Gasteiger partial charge in [0, 0.05) is 68.1 Å². The van der Waals surface area contributed by atoms with Gasteiger partial charge in [-0.15, -0.1) is 0 Å². The molecular weight excluding hydrogens is 545 g/mol. The van der Waals surface area contributed by atoms with Gasteiger partial charge >= 0.3 is 21.3 Å². The van der Waals surface area contributed by atoms with Crippen LogP contribution < -0.4 is 15.1 Å². The summed E-state index contributed by atoms with van der Waals surface area (Å²) in [7, 11) is -2.80. The van der Waals surface area contributed by atoms with Crippen LogP contribution in [0.25, 0.3) is 0 Å². The zero-order valence-corrected chi connectivity index (χ0v) is 23.9. The van der Waals surface area contributed by atoms with Crippen LogP contribution in [0.2, 0.25) is 0 Å². The average molecular weight is 580 g/mol. The summed E-state index contributed by atoms with van der Waals surface area (Å²) >= 11 is 0. The van der Waals surface area contributed by atoms with E-state index in [0.29, 0.717) is 37.6 Å². The number of cyclic esters (lactones) is 1. The first kappa shape index (κ1) is 30.5. The highest BCUT2D eigenvalue weighted by atomic mass is 31.2. The molecule has 13 nitrogen and oxygen atoms in total. The Bertz CT molecular complexity index is 1060. The number of rotatable bonds is 12. The molecule has 1 aromatic rings. The zero-order chi connectivity index (χ0) is 28.1. The van der Waals surface area contributed by atoms with Gasteiger partial charge in [-0.3, -0.25) is 23.7 Å². The fourth-order valence-electron chi connectivity index (χ4n) is 4.43. The van der Waals surface area contributed by atoms with Crippen LogP contribution in [-0.4, -0.2) is 103 Å². The molecule has 214 valence electrons. The van der Waals surface area contributed by atoms with Crippen molar-refractivity contribution < 1.29 is 45.9 Å². The van der Waals surface area contributed by atoms with E-state index in [1.54, 1.807) is 12.1 Å². The highest BCUT2D eigenvalue weighted by Crippen LogP contribution is 2.69. The lowest BCUT2D eigenvalue weighted by molar-refractivity contribution is -0.119. The molecule has 0 saturated carbocycles. The molecule has 2 aliphatic rings. The molecule has 2 fully saturated rings. The minimum Gasteiger partial charge on any atom is -0.442 e. The molecular formula is C22H35FN4O9P2. The molecule has 0 spiro atoms. The Morgan fingerprint density at radius 1 is 1.08 bits per heavy atom. The maximum atomic E-state index is 15.1. The molecule has 2 saturated heterocycles. The van der Waals surface area contributed by atoms with Gasteiger partial charge in [-0.2, -0.15) is 0 Å². The second kappa shape index (κ2) is 12.9. The van der Waals surface area contributed by atoms with E-state index in [2.05, 4.69) is 5.32 Å². The van der Waals surface area contributed by atoms with Crippen molar-refractivity contribution in [1.29, 1.82) is 0 Å². The maximum absolute atomic E-state index is 15.1. The molecule has 2 heterocycles. The van der Waals surface area contributed by atoms with Gasteiger partial charge in [0.2, 0.25) is 5.91 Å². The smallest absolute Gasteiger partial charge is 0.414 e. The van der Waals surface area contributed by atoms with Crippen molar-refractivity contribution in [3.05, 3.63) is 24.0 Å². The number of nitrogens with zero attached hydrogens (tertiary/aromatic N) is 3. The Kier molecular flexibility index (Phi) is 10.3. The number of ether oxygens (including phenoxy) is 1. The molecule has 0 radical (unpaired) electrons. The van der Waals surface area contributed by atoms with E-state index in [1.807, 2.05) is 9.80 Å². The number of carbonyl (C=O) groups excluding carboxylic acids is 2. The fraction of sp³-hybridized carbons (Fsp3) is 0.636. The molecule has 3 rings (SSSR count). The second-order valence-corrected chi connectivity index (χ2v) is 14.0. The minimum absolute atomic E-state index is 0.0594. The molecule has 0 aromatic heterocycles. The number of hydrogen-bond donors (Lipinski definition) is 1. The summed E-state index contributed by atoms with van der Waals surface area (Å²) in [6.45, 7) is 3.56. The van der Waals surface area contributed by atoms with Crippen LogP contribution in [-0.2, 0) is 36.8 Å². The zero-order valence-electron chi connectivity index (χ0n) is 22.1. The van der Waals surface area contributed by atoms with E-state index in [-0.39, 0.29) is 25.5 Å². The predicted molar refractivity (Wildman–Crippen MR) is 138 cm³/mol. The molecule has 1 N–H and O–H groups in total. The van der Waals surface area contributed by atoms with Gasteiger partial charge < -0.3 is 33.0 Å². The standard InChI is InChI=1S/C22H35FN4O9P2/c1-16(28)24-13-18-14-27(22(29)36-18)17-6-7-20(19(23)12-17)26-10-8-25(9-11-26)15-21(37(30,32-2)33-3)38(31,34-4)35-5/h6-7,12,18,21H,8-11,13-15H2,1-5H3,(H,24,28). The number of halogens is 1. The third-order valence-electron chi connectivity index (χ3n) is 6.58. The summed E-state index contributed by atoms with van der Waals surface area (Å²) in [6.07, 6.45) is -1.13. The highest BCUT2D eigenvalue weighted by Gasteiger charge is 2.50. The van der Waals surface area contributed by atoms with E-state index in [0.717, 1.165) is 0 Å². The number of amides is 2. The van der Waals surface area contributed by atoms with Crippen LogP contribution in [0.5, 0.6) is 0 Å². The molecule has 1 atom stereocenters. The highest BCUT2D eigenvalue weighted by molar-refractivity contribution is 7.72.